The van der Waals surface area contributed by atoms with Crippen LogP contribution in [-0.4, -0.2) is 35.2 Å². The van der Waals surface area contributed by atoms with Crippen LogP contribution in [0.5, 0.6) is 0 Å². The van der Waals surface area contributed by atoms with Crippen molar-refractivity contribution in [3.63, 3.8) is 0 Å². The maximum Gasteiger partial charge on any atom is 0.230 e. The lowest BCUT2D eigenvalue weighted by Crippen LogP contribution is -2.39. The summed E-state index contributed by atoms with van der Waals surface area (Å²) in [5.41, 5.74) is 1.32. The van der Waals surface area contributed by atoms with Crippen LogP contribution in [0.25, 0.3) is 0 Å². The zero-order valence-corrected chi connectivity index (χ0v) is 11.9. The molecule has 1 aliphatic rings. The summed E-state index contributed by atoms with van der Waals surface area (Å²) in [7, 11) is 0. The van der Waals surface area contributed by atoms with Crippen LogP contribution in [0.1, 0.15) is 18.4 Å². The van der Waals surface area contributed by atoms with E-state index in [-0.39, 0.29) is 12.0 Å². The number of benzene rings is 1. The lowest BCUT2D eigenvalue weighted by Gasteiger charge is -2.31. The number of hydrogen-bond acceptors (Lipinski definition) is 3. The van der Waals surface area contributed by atoms with Gasteiger partial charge in [0.05, 0.1) is 11.9 Å². The highest BCUT2D eigenvalue weighted by Crippen LogP contribution is 2.26. The van der Waals surface area contributed by atoms with E-state index in [4.69, 9.17) is 5.11 Å². The van der Waals surface area contributed by atoms with Gasteiger partial charge >= 0.3 is 0 Å². The Bertz CT molecular complexity index is 390. The van der Waals surface area contributed by atoms with Crippen molar-refractivity contribution in [3.05, 3.63) is 35.9 Å². The molecule has 104 valence electrons. The smallest absolute Gasteiger partial charge is 0.230 e. The van der Waals surface area contributed by atoms with Gasteiger partial charge in [0.25, 0.3) is 0 Å². The molecule has 0 radical (unpaired) electrons. The fraction of sp³-hybridized carbons (Fsp3) is 0.533. The third kappa shape index (κ3) is 5.25. The van der Waals surface area contributed by atoms with Crippen molar-refractivity contribution < 1.29 is 9.90 Å². The molecule has 4 heteroatoms. The number of aryl methyl sites for hydroxylation is 1. The lowest BCUT2D eigenvalue weighted by molar-refractivity contribution is -0.119. The second kappa shape index (κ2) is 7.56. The molecule has 3 nitrogen and oxygen atoms in total. The van der Waals surface area contributed by atoms with Crippen molar-refractivity contribution >= 4 is 17.7 Å². The van der Waals surface area contributed by atoms with Crippen LogP contribution in [0.15, 0.2) is 30.3 Å². The standard InChI is InChI=1S/C15H21NO2S/c17-14-8-13(9-14)10-16-15(18)11-19-7-6-12-4-2-1-3-5-12/h1-5,13-14,17H,6-11H2,(H,16,18). The van der Waals surface area contributed by atoms with Crippen molar-refractivity contribution in [2.24, 2.45) is 5.92 Å². The molecule has 1 aliphatic carbocycles. The van der Waals surface area contributed by atoms with Crippen molar-refractivity contribution in [3.8, 4) is 0 Å². The quantitative estimate of drug-likeness (QED) is 0.749. The van der Waals surface area contributed by atoms with Crippen molar-refractivity contribution in [1.29, 1.82) is 0 Å². The SMILES string of the molecule is O=C(CSCCc1ccccc1)NCC1CC(O)C1. The van der Waals surface area contributed by atoms with Crippen LogP contribution in [0, 0.1) is 5.92 Å². The molecule has 0 aromatic heterocycles. The van der Waals surface area contributed by atoms with Gasteiger partial charge in [0.15, 0.2) is 0 Å². The number of rotatable bonds is 7. The van der Waals surface area contributed by atoms with Crippen LogP contribution >= 0.6 is 11.8 Å². The summed E-state index contributed by atoms with van der Waals surface area (Å²) in [4.78, 5) is 11.6. The molecular weight excluding hydrogens is 258 g/mol. The predicted molar refractivity (Wildman–Crippen MR) is 79.2 cm³/mol. The molecule has 0 heterocycles. The summed E-state index contributed by atoms with van der Waals surface area (Å²) in [6.07, 6.45) is 2.54. The molecule has 2 N–H and O–H groups in total. The van der Waals surface area contributed by atoms with Gasteiger partial charge in [-0.1, -0.05) is 30.3 Å². The normalized spacial score (nSPS) is 21.7. The van der Waals surface area contributed by atoms with E-state index in [1.54, 1.807) is 11.8 Å². The molecule has 0 saturated heterocycles. The topological polar surface area (TPSA) is 49.3 Å². The number of thioether (sulfide) groups is 1. The average Bonchev–Trinajstić information content (AvgIpc) is 2.40. The molecule has 0 atom stereocenters. The van der Waals surface area contributed by atoms with Crippen molar-refractivity contribution in [1.82, 2.24) is 5.32 Å². The fourth-order valence-corrected chi connectivity index (χ4v) is 2.99. The first-order valence-corrected chi connectivity index (χ1v) is 7.96. The van der Waals surface area contributed by atoms with Gasteiger partial charge in [0.2, 0.25) is 5.91 Å². The van der Waals surface area contributed by atoms with Gasteiger partial charge in [0.1, 0.15) is 0 Å². The minimum Gasteiger partial charge on any atom is -0.393 e. The van der Waals surface area contributed by atoms with E-state index in [1.807, 2.05) is 18.2 Å². The first-order valence-electron chi connectivity index (χ1n) is 6.80. The van der Waals surface area contributed by atoms with Crippen LogP contribution in [-0.2, 0) is 11.2 Å². The maximum atomic E-state index is 11.6. The molecule has 1 saturated carbocycles. The van der Waals surface area contributed by atoms with Gasteiger partial charge in [-0.15, -0.1) is 0 Å². The van der Waals surface area contributed by atoms with E-state index in [9.17, 15) is 4.79 Å². The Balaban J connectivity index is 1.50. The molecule has 0 aliphatic heterocycles. The average molecular weight is 279 g/mol. The van der Waals surface area contributed by atoms with Gasteiger partial charge in [-0.05, 0) is 36.5 Å². The Morgan fingerprint density at radius 3 is 2.74 bits per heavy atom. The van der Waals surface area contributed by atoms with Crippen LogP contribution in [0.4, 0.5) is 0 Å². The molecule has 2 rings (SSSR count). The van der Waals surface area contributed by atoms with Gasteiger partial charge in [-0.25, -0.2) is 0 Å². The van der Waals surface area contributed by atoms with Gasteiger partial charge in [-0.2, -0.15) is 11.8 Å². The van der Waals surface area contributed by atoms with Gasteiger partial charge in [0, 0.05) is 6.54 Å². The number of hydrogen-bond donors (Lipinski definition) is 2. The molecule has 0 bridgehead atoms. The second-order valence-electron chi connectivity index (χ2n) is 5.08. The predicted octanol–water partition coefficient (Wildman–Crippen LogP) is 1.85. The number of carbonyl (C=O) groups excluding carboxylic acids is 1. The van der Waals surface area contributed by atoms with E-state index in [2.05, 4.69) is 17.4 Å². The number of carbonyl (C=O) groups is 1. The van der Waals surface area contributed by atoms with Gasteiger partial charge < -0.3 is 10.4 Å². The first kappa shape index (κ1) is 14.4. The molecular formula is C15H21NO2S. The minimum absolute atomic E-state index is 0.111. The number of aliphatic hydroxyl groups excluding tert-OH is 1. The maximum absolute atomic E-state index is 11.6. The molecule has 19 heavy (non-hydrogen) atoms. The molecule has 0 spiro atoms. The van der Waals surface area contributed by atoms with Gasteiger partial charge in [-0.3, -0.25) is 4.79 Å². The summed E-state index contributed by atoms with van der Waals surface area (Å²) in [6, 6.07) is 10.3. The summed E-state index contributed by atoms with van der Waals surface area (Å²) in [6.45, 7) is 0.717. The van der Waals surface area contributed by atoms with Crippen LogP contribution in [0.2, 0.25) is 0 Å². The van der Waals surface area contributed by atoms with Crippen molar-refractivity contribution in [2.75, 3.05) is 18.1 Å². The monoisotopic (exact) mass is 279 g/mol. The van der Waals surface area contributed by atoms with Crippen molar-refractivity contribution in [2.45, 2.75) is 25.4 Å². The highest BCUT2D eigenvalue weighted by atomic mass is 32.2. The third-order valence-electron chi connectivity index (χ3n) is 3.41. The molecule has 0 unspecified atom stereocenters. The first-order chi connectivity index (χ1) is 9.24. The Hall–Kier alpha value is -1.00. The zero-order valence-electron chi connectivity index (χ0n) is 11.0. The summed E-state index contributed by atoms with van der Waals surface area (Å²) < 4.78 is 0. The largest absolute Gasteiger partial charge is 0.393 e. The summed E-state index contributed by atoms with van der Waals surface area (Å²) >= 11 is 1.67. The van der Waals surface area contributed by atoms with E-state index >= 15 is 0 Å². The Labute approximate surface area is 118 Å². The number of nitrogens with one attached hydrogen (secondary N) is 1. The number of aliphatic hydroxyl groups is 1. The summed E-state index contributed by atoms with van der Waals surface area (Å²) in [5, 5.41) is 12.1. The van der Waals surface area contributed by atoms with E-state index in [1.165, 1.54) is 5.56 Å². The number of amides is 1. The molecule has 1 aromatic rings. The Kier molecular flexibility index (Phi) is 5.73. The Morgan fingerprint density at radius 2 is 2.05 bits per heavy atom. The summed E-state index contributed by atoms with van der Waals surface area (Å²) in [5.74, 6) is 2.09. The third-order valence-corrected chi connectivity index (χ3v) is 4.37. The highest BCUT2D eigenvalue weighted by molar-refractivity contribution is 7.99. The lowest BCUT2D eigenvalue weighted by atomic mass is 9.82. The zero-order chi connectivity index (χ0) is 13.5. The molecule has 1 amide bonds. The minimum atomic E-state index is -0.137. The van der Waals surface area contributed by atoms with Crippen LogP contribution < -0.4 is 5.32 Å². The highest BCUT2D eigenvalue weighted by Gasteiger charge is 2.26. The van der Waals surface area contributed by atoms with E-state index < -0.39 is 0 Å². The van der Waals surface area contributed by atoms with Crippen LogP contribution in [0.3, 0.4) is 0 Å². The second-order valence-corrected chi connectivity index (χ2v) is 6.19. The molecule has 1 aromatic carbocycles. The van der Waals surface area contributed by atoms with E-state index in [0.717, 1.165) is 31.6 Å². The van der Waals surface area contributed by atoms with E-state index in [0.29, 0.717) is 11.7 Å². The Morgan fingerprint density at radius 1 is 1.32 bits per heavy atom. The fourth-order valence-electron chi connectivity index (χ4n) is 2.18. The molecule has 1 fully saturated rings.